The molecule has 0 saturated heterocycles. The number of pyridine rings is 1. The van der Waals surface area contributed by atoms with E-state index in [-0.39, 0.29) is 11.3 Å². The first-order chi connectivity index (χ1) is 7.30. The summed E-state index contributed by atoms with van der Waals surface area (Å²) in [6.07, 6.45) is 4.86. The number of anilines is 2. The lowest BCUT2D eigenvalue weighted by Gasteiger charge is -2.38. The summed E-state index contributed by atoms with van der Waals surface area (Å²) in [5.74, 6) is 0.933. The average molecular weight is 203 g/mol. The molecule has 0 atom stereocenters. The highest BCUT2D eigenvalue weighted by Gasteiger charge is 2.45. The van der Waals surface area contributed by atoms with Crippen molar-refractivity contribution in [3.05, 3.63) is 18.3 Å². The SMILES string of the molecule is O=C1Nc2cccnc2NCC12CCC2. The Morgan fingerprint density at radius 3 is 3.00 bits per heavy atom. The van der Waals surface area contributed by atoms with Crippen molar-refractivity contribution in [3.63, 3.8) is 0 Å². The minimum absolute atomic E-state index is 0.146. The van der Waals surface area contributed by atoms with E-state index in [2.05, 4.69) is 15.6 Å². The first-order valence-corrected chi connectivity index (χ1v) is 5.31. The van der Waals surface area contributed by atoms with Gasteiger partial charge in [-0.15, -0.1) is 0 Å². The number of nitrogens with one attached hydrogen (secondary N) is 2. The van der Waals surface area contributed by atoms with Gasteiger partial charge >= 0.3 is 0 Å². The maximum atomic E-state index is 12.0. The molecule has 1 spiro atoms. The third kappa shape index (κ3) is 1.21. The number of rotatable bonds is 0. The number of amides is 1. The Labute approximate surface area is 88.1 Å². The molecule has 1 aromatic heterocycles. The van der Waals surface area contributed by atoms with E-state index in [1.807, 2.05) is 12.1 Å². The van der Waals surface area contributed by atoms with E-state index in [0.29, 0.717) is 6.54 Å². The number of hydrogen-bond acceptors (Lipinski definition) is 3. The summed E-state index contributed by atoms with van der Waals surface area (Å²) in [4.78, 5) is 16.2. The lowest BCUT2D eigenvalue weighted by Crippen LogP contribution is -2.45. The van der Waals surface area contributed by atoms with Crippen molar-refractivity contribution in [3.8, 4) is 0 Å². The molecular formula is C11H13N3O. The Kier molecular flexibility index (Phi) is 1.71. The smallest absolute Gasteiger partial charge is 0.232 e. The molecule has 15 heavy (non-hydrogen) atoms. The number of carbonyl (C=O) groups is 1. The van der Waals surface area contributed by atoms with Crippen LogP contribution in [0.5, 0.6) is 0 Å². The molecule has 2 N–H and O–H groups in total. The zero-order valence-electron chi connectivity index (χ0n) is 8.42. The summed E-state index contributed by atoms with van der Waals surface area (Å²) in [7, 11) is 0. The van der Waals surface area contributed by atoms with E-state index in [9.17, 15) is 4.79 Å². The second-order valence-electron chi connectivity index (χ2n) is 4.34. The Morgan fingerprint density at radius 2 is 2.27 bits per heavy atom. The normalized spacial score (nSPS) is 22.0. The van der Waals surface area contributed by atoms with Gasteiger partial charge in [0, 0.05) is 12.7 Å². The van der Waals surface area contributed by atoms with E-state index < -0.39 is 0 Å². The monoisotopic (exact) mass is 203 g/mol. The Balaban J connectivity index is 1.96. The molecule has 3 rings (SSSR count). The van der Waals surface area contributed by atoms with Crippen LogP contribution in [-0.4, -0.2) is 17.4 Å². The van der Waals surface area contributed by atoms with Gasteiger partial charge in [-0.2, -0.15) is 0 Å². The molecule has 0 unspecified atom stereocenters. The lowest BCUT2D eigenvalue weighted by atomic mass is 9.68. The van der Waals surface area contributed by atoms with Crippen molar-refractivity contribution in [2.75, 3.05) is 17.2 Å². The van der Waals surface area contributed by atoms with Crippen molar-refractivity contribution >= 4 is 17.4 Å². The molecule has 1 aliphatic heterocycles. The third-order valence-corrected chi connectivity index (χ3v) is 3.44. The summed E-state index contributed by atoms with van der Waals surface area (Å²) in [5, 5.41) is 6.21. The van der Waals surface area contributed by atoms with Gasteiger partial charge in [0.15, 0.2) is 0 Å². The van der Waals surface area contributed by atoms with Crippen LogP contribution in [0.15, 0.2) is 18.3 Å². The largest absolute Gasteiger partial charge is 0.367 e. The number of nitrogens with zero attached hydrogens (tertiary/aromatic N) is 1. The van der Waals surface area contributed by atoms with Gasteiger partial charge in [-0.25, -0.2) is 4.98 Å². The number of hydrogen-bond donors (Lipinski definition) is 2. The molecule has 4 nitrogen and oxygen atoms in total. The molecule has 0 aromatic carbocycles. The molecule has 0 bridgehead atoms. The molecule has 1 aromatic rings. The van der Waals surface area contributed by atoms with E-state index in [0.717, 1.165) is 30.8 Å². The van der Waals surface area contributed by atoms with Gasteiger partial charge in [0.1, 0.15) is 5.82 Å². The second kappa shape index (κ2) is 2.95. The third-order valence-electron chi connectivity index (χ3n) is 3.44. The van der Waals surface area contributed by atoms with Gasteiger partial charge < -0.3 is 10.6 Å². The van der Waals surface area contributed by atoms with Crippen LogP contribution in [0.1, 0.15) is 19.3 Å². The van der Waals surface area contributed by atoms with Gasteiger partial charge in [0.25, 0.3) is 0 Å². The summed E-state index contributed by atoms with van der Waals surface area (Å²) in [5.41, 5.74) is 0.618. The molecule has 1 saturated carbocycles. The number of aromatic nitrogens is 1. The maximum Gasteiger partial charge on any atom is 0.232 e. The molecular weight excluding hydrogens is 190 g/mol. The Morgan fingerprint density at radius 1 is 1.40 bits per heavy atom. The first kappa shape index (κ1) is 8.71. The van der Waals surface area contributed by atoms with Gasteiger partial charge in [0.05, 0.1) is 11.1 Å². The van der Waals surface area contributed by atoms with Crippen molar-refractivity contribution in [1.29, 1.82) is 0 Å². The minimum atomic E-state index is -0.180. The summed E-state index contributed by atoms with van der Waals surface area (Å²) in [6, 6.07) is 3.71. The van der Waals surface area contributed by atoms with Gasteiger partial charge in [0.2, 0.25) is 5.91 Å². The highest BCUT2D eigenvalue weighted by molar-refractivity contribution is 5.99. The van der Waals surface area contributed by atoms with Crippen LogP contribution in [0.2, 0.25) is 0 Å². The highest BCUT2D eigenvalue weighted by Crippen LogP contribution is 2.43. The zero-order chi connectivity index (χ0) is 10.3. The Hall–Kier alpha value is -1.58. The lowest BCUT2D eigenvalue weighted by molar-refractivity contribution is -0.129. The van der Waals surface area contributed by atoms with Crippen LogP contribution in [0.3, 0.4) is 0 Å². The van der Waals surface area contributed by atoms with Crippen LogP contribution in [0.4, 0.5) is 11.5 Å². The molecule has 1 aliphatic carbocycles. The molecule has 2 heterocycles. The fourth-order valence-corrected chi connectivity index (χ4v) is 2.24. The fraction of sp³-hybridized carbons (Fsp3) is 0.455. The van der Waals surface area contributed by atoms with Gasteiger partial charge in [-0.05, 0) is 25.0 Å². The standard InChI is InChI=1S/C11H13N3O/c15-10-11(4-2-5-11)7-13-9-8(14-10)3-1-6-12-9/h1,3,6H,2,4-5,7H2,(H,12,13)(H,14,15). The number of carbonyl (C=O) groups excluding carboxylic acids is 1. The van der Waals surface area contributed by atoms with Crippen LogP contribution in [0.25, 0.3) is 0 Å². The fourth-order valence-electron chi connectivity index (χ4n) is 2.24. The molecule has 4 heteroatoms. The van der Waals surface area contributed by atoms with Crippen molar-refractivity contribution < 1.29 is 4.79 Å². The van der Waals surface area contributed by atoms with E-state index >= 15 is 0 Å². The van der Waals surface area contributed by atoms with E-state index in [4.69, 9.17) is 0 Å². The molecule has 1 amide bonds. The molecule has 78 valence electrons. The van der Waals surface area contributed by atoms with Crippen LogP contribution in [0, 0.1) is 5.41 Å². The average Bonchev–Trinajstić information content (AvgIpc) is 2.32. The van der Waals surface area contributed by atoms with Gasteiger partial charge in [-0.3, -0.25) is 4.79 Å². The van der Waals surface area contributed by atoms with Crippen molar-refractivity contribution in [2.45, 2.75) is 19.3 Å². The predicted octanol–water partition coefficient (Wildman–Crippen LogP) is 1.62. The van der Waals surface area contributed by atoms with E-state index in [1.54, 1.807) is 6.20 Å². The summed E-state index contributed by atoms with van der Waals surface area (Å²) in [6.45, 7) is 0.711. The van der Waals surface area contributed by atoms with Crippen LogP contribution >= 0.6 is 0 Å². The zero-order valence-corrected chi connectivity index (χ0v) is 8.42. The van der Waals surface area contributed by atoms with Crippen LogP contribution in [-0.2, 0) is 4.79 Å². The van der Waals surface area contributed by atoms with Crippen molar-refractivity contribution in [2.24, 2.45) is 5.41 Å². The Bertz CT molecular complexity index is 412. The summed E-state index contributed by atoms with van der Waals surface area (Å²) >= 11 is 0. The van der Waals surface area contributed by atoms with Gasteiger partial charge in [-0.1, -0.05) is 6.42 Å². The summed E-state index contributed by atoms with van der Waals surface area (Å²) < 4.78 is 0. The van der Waals surface area contributed by atoms with E-state index in [1.165, 1.54) is 0 Å². The molecule has 0 radical (unpaired) electrons. The topological polar surface area (TPSA) is 54.0 Å². The highest BCUT2D eigenvalue weighted by atomic mass is 16.2. The van der Waals surface area contributed by atoms with Crippen LogP contribution < -0.4 is 10.6 Å². The quantitative estimate of drug-likeness (QED) is 0.673. The molecule has 1 fully saturated rings. The maximum absolute atomic E-state index is 12.0. The van der Waals surface area contributed by atoms with Crippen molar-refractivity contribution in [1.82, 2.24) is 4.98 Å². The second-order valence-corrected chi connectivity index (χ2v) is 4.34. The number of fused-ring (bicyclic) bond motifs is 1. The minimum Gasteiger partial charge on any atom is -0.367 e. The first-order valence-electron chi connectivity index (χ1n) is 5.31. The molecule has 2 aliphatic rings. The predicted molar refractivity (Wildman–Crippen MR) is 57.6 cm³/mol.